The van der Waals surface area contributed by atoms with Gasteiger partial charge in [0.15, 0.2) is 17.5 Å². The molecule has 0 bridgehead atoms. The van der Waals surface area contributed by atoms with Gasteiger partial charge in [0.1, 0.15) is 5.82 Å². The summed E-state index contributed by atoms with van der Waals surface area (Å²) in [4.78, 5) is 20.8. The minimum absolute atomic E-state index is 0. The molecule has 33 heavy (non-hydrogen) atoms. The third-order valence-corrected chi connectivity index (χ3v) is 4.45. The Morgan fingerprint density at radius 3 is 2.45 bits per heavy atom. The topological polar surface area (TPSA) is 96.9 Å². The Hall–Kier alpha value is -2.56. The van der Waals surface area contributed by atoms with E-state index in [1.54, 1.807) is 12.3 Å². The van der Waals surface area contributed by atoms with Gasteiger partial charge in [0.05, 0.1) is 19.8 Å². The zero-order valence-electron chi connectivity index (χ0n) is 19.9. The third-order valence-electron chi connectivity index (χ3n) is 4.45. The molecule has 0 aliphatic carbocycles. The van der Waals surface area contributed by atoms with Gasteiger partial charge < -0.3 is 25.4 Å². The van der Waals surface area contributed by atoms with Crippen LogP contribution in [0.5, 0.6) is 11.5 Å². The summed E-state index contributed by atoms with van der Waals surface area (Å²) in [5, 5.41) is 9.31. The number of nitrogens with zero attached hydrogens (tertiary/aromatic N) is 2. The van der Waals surface area contributed by atoms with Crippen LogP contribution < -0.4 is 25.4 Å². The molecular weight excluding hydrogens is 533 g/mol. The summed E-state index contributed by atoms with van der Waals surface area (Å²) >= 11 is 0. The molecule has 2 rings (SSSR count). The first-order valence-electron chi connectivity index (χ1n) is 11.2. The summed E-state index contributed by atoms with van der Waals surface area (Å²) in [6.07, 6.45) is 2.81. The van der Waals surface area contributed by atoms with Gasteiger partial charge in [-0.15, -0.1) is 24.0 Å². The molecule has 0 atom stereocenters. The molecule has 1 aromatic heterocycles. The number of aliphatic imine (C=N–C) groups is 1. The van der Waals surface area contributed by atoms with Crippen LogP contribution in [0.1, 0.15) is 38.3 Å². The summed E-state index contributed by atoms with van der Waals surface area (Å²) in [7, 11) is 0. The summed E-state index contributed by atoms with van der Waals surface area (Å²) in [5.74, 6) is 2.65. The number of ether oxygens (including phenoxy) is 2. The Morgan fingerprint density at radius 2 is 1.79 bits per heavy atom. The number of carbonyl (C=O) groups is 1. The number of nitrogens with one attached hydrogen (secondary N) is 3. The number of aromatic nitrogens is 1. The van der Waals surface area contributed by atoms with E-state index < -0.39 is 0 Å². The molecule has 0 radical (unpaired) electrons. The van der Waals surface area contributed by atoms with E-state index in [4.69, 9.17) is 9.47 Å². The Bertz CT molecular complexity index is 875. The second kappa shape index (κ2) is 16.1. The first kappa shape index (κ1) is 28.5. The van der Waals surface area contributed by atoms with Crippen molar-refractivity contribution in [1.29, 1.82) is 0 Å². The zero-order chi connectivity index (χ0) is 23.2. The minimum atomic E-state index is -0.112. The van der Waals surface area contributed by atoms with Crippen LogP contribution in [0.3, 0.4) is 0 Å². The lowest BCUT2D eigenvalue weighted by Gasteiger charge is -2.14. The average Bonchev–Trinajstić information content (AvgIpc) is 2.77. The number of guanidine groups is 1. The molecule has 0 spiro atoms. The Morgan fingerprint density at radius 1 is 1.03 bits per heavy atom. The number of amides is 1. The molecule has 0 saturated heterocycles. The number of halogens is 1. The van der Waals surface area contributed by atoms with Crippen LogP contribution >= 0.6 is 24.0 Å². The van der Waals surface area contributed by atoms with Gasteiger partial charge in [0.2, 0.25) is 5.91 Å². The molecule has 2 aromatic rings. The molecule has 0 fully saturated rings. The highest BCUT2D eigenvalue weighted by atomic mass is 127. The van der Waals surface area contributed by atoms with Crippen molar-refractivity contribution < 1.29 is 14.3 Å². The highest BCUT2D eigenvalue weighted by molar-refractivity contribution is 14.0. The molecule has 0 saturated carbocycles. The third kappa shape index (κ3) is 10.7. The fourth-order valence-corrected chi connectivity index (χ4v) is 2.93. The number of carbonyl (C=O) groups excluding carboxylic acids is 1. The predicted molar refractivity (Wildman–Crippen MR) is 144 cm³/mol. The molecule has 1 heterocycles. The van der Waals surface area contributed by atoms with Crippen LogP contribution in [0, 0.1) is 6.92 Å². The Kier molecular flexibility index (Phi) is 13.9. The van der Waals surface area contributed by atoms with Gasteiger partial charge in [-0.1, -0.05) is 12.1 Å². The largest absolute Gasteiger partial charge is 0.490 e. The maximum atomic E-state index is 12.1. The van der Waals surface area contributed by atoms with Gasteiger partial charge in [-0.2, -0.15) is 0 Å². The van der Waals surface area contributed by atoms with E-state index in [0.29, 0.717) is 38.1 Å². The molecule has 0 unspecified atom stereocenters. The number of hydrogen-bond donors (Lipinski definition) is 3. The van der Waals surface area contributed by atoms with E-state index in [1.165, 1.54) is 0 Å². The number of hydrogen-bond acceptors (Lipinski definition) is 5. The standard InChI is InChI=1S/C24H35N5O3.HI/c1-5-25-24(27-15-13-23(30)29-22-11-8-18(4)17-28-22)26-14-12-19-9-10-20(31-6-2)21(16-19)32-7-3;/h8-11,16-17H,5-7,12-15H2,1-4H3,(H2,25,26,27)(H,28,29,30);1H. The normalized spacial score (nSPS) is 10.7. The lowest BCUT2D eigenvalue weighted by Crippen LogP contribution is -2.38. The smallest absolute Gasteiger partial charge is 0.227 e. The van der Waals surface area contributed by atoms with Crippen molar-refractivity contribution >= 4 is 41.7 Å². The van der Waals surface area contributed by atoms with Crippen LogP contribution in [0.4, 0.5) is 5.82 Å². The lowest BCUT2D eigenvalue weighted by atomic mass is 10.1. The Balaban J connectivity index is 0.00000544. The van der Waals surface area contributed by atoms with Crippen molar-refractivity contribution in [2.24, 2.45) is 4.99 Å². The minimum Gasteiger partial charge on any atom is -0.490 e. The van der Waals surface area contributed by atoms with Crippen molar-refractivity contribution in [2.75, 3.05) is 38.2 Å². The van der Waals surface area contributed by atoms with Gasteiger partial charge in [-0.25, -0.2) is 4.98 Å². The van der Waals surface area contributed by atoms with Crippen molar-refractivity contribution in [3.63, 3.8) is 0 Å². The van der Waals surface area contributed by atoms with Gasteiger partial charge in [0, 0.05) is 25.7 Å². The second-order valence-corrected chi connectivity index (χ2v) is 7.10. The number of rotatable bonds is 12. The van der Waals surface area contributed by atoms with E-state index in [-0.39, 0.29) is 36.3 Å². The van der Waals surface area contributed by atoms with Crippen molar-refractivity contribution in [3.05, 3.63) is 47.7 Å². The Labute approximate surface area is 214 Å². The second-order valence-electron chi connectivity index (χ2n) is 7.10. The first-order chi connectivity index (χ1) is 15.5. The summed E-state index contributed by atoms with van der Waals surface area (Å²) < 4.78 is 11.3. The fourth-order valence-electron chi connectivity index (χ4n) is 2.93. The maximum Gasteiger partial charge on any atom is 0.227 e. The van der Waals surface area contributed by atoms with Gasteiger partial charge >= 0.3 is 0 Å². The van der Waals surface area contributed by atoms with Crippen molar-refractivity contribution in [2.45, 2.75) is 40.5 Å². The first-order valence-corrected chi connectivity index (χ1v) is 11.2. The monoisotopic (exact) mass is 569 g/mol. The number of pyridine rings is 1. The van der Waals surface area contributed by atoms with E-state index in [9.17, 15) is 4.79 Å². The number of benzene rings is 1. The molecule has 0 aliphatic heterocycles. The number of anilines is 1. The molecule has 1 amide bonds. The molecule has 8 nitrogen and oxygen atoms in total. The number of aryl methyl sites for hydroxylation is 1. The molecule has 182 valence electrons. The average molecular weight is 569 g/mol. The van der Waals surface area contributed by atoms with Gasteiger partial charge in [0.25, 0.3) is 0 Å². The maximum absolute atomic E-state index is 12.1. The van der Waals surface area contributed by atoms with Gasteiger partial charge in [-0.05, 0) is 63.4 Å². The molecule has 1 aromatic carbocycles. The van der Waals surface area contributed by atoms with E-state index in [1.807, 2.05) is 52.0 Å². The molecular formula is C24H36IN5O3. The lowest BCUT2D eigenvalue weighted by molar-refractivity contribution is -0.116. The summed E-state index contributed by atoms with van der Waals surface area (Å²) in [5.41, 5.74) is 2.19. The summed E-state index contributed by atoms with van der Waals surface area (Å²) in [6, 6.07) is 9.71. The van der Waals surface area contributed by atoms with Crippen LogP contribution in [-0.2, 0) is 11.2 Å². The molecule has 3 N–H and O–H groups in total. The molecule has 9 heteroatoms. The van der Waals surface area contributed by atoms with E-state index in [0.717, 1.165) is 35.6 Å². The van der Waals surface area contributed by atoms with Crippen LogP contribution in [0.15, 0.2) is 41.5 Å². The van der Waals surface area contributed by atoms with Crippen LogP contribution in [0.25, 0.3) is 0 Å². The van der Waals surface area contributed by atoms with E-state index >= 15 is 0 Å². The zero-order valence-corrected chi connectivity index (χ0v) is 22.3. The van der Waals surface area contributed by atoms with Gasteiger partial charge in [-0.3, -0.25) is 9.79 Å². The fraction of sp³-hybridized carbons (Fsp3) is 0.458. The highest BCUT2D eigenvalue weighted by Crippen LogP contribution is 2.28. The van der Waals surface area contributed by atoms with Crippen molar-refractivity contribution in [1.82, 2.24) is 15.6 Å². The highest BCUT2D eigenvalue weighted by Gasteiger charge is 2.07. The predicted octanol–water partition coefficient (Wildman–Crippen LogP) is 3.93. The van der Waals surface area contributed by atoms with Crippen LogP contribution in [0.2, 0.25) is 0 Å². The quantitative estimate of drug-likeness (QED) is 0.204. The van der Waals surface area contributed by atoms with E-state index in [2.05, 4.69) is 25.9 Å². The molecule has 0 aliphatic rings. The summed E-state index contributed by atoms with van der Waals surface area (Å²) in [6.45, 7) is 10.9. The SMILES string of the molecule is CCNC(=NCCC(=O)Nc1ccc(C)cn1)NCCc1ccc(OCC)c(OCC)c1.I. The van der Waals surface area contributed by atoms with Crippen molar-refractivity contribution in [3.8, 4) is 11.5 Å². The van der Waals surface area contributed by atoms with Crippen LogP contribution in [-0.4, -0.2) is 49.7 Å².